The summed E-state index contributed by atoms with van der Waals surface area (Å²) in [6.07, 6.45) is -0.586. The van der Waals surface area contributed by atoms with Crippen molar-refractivity contribution < 1.29 is 5.11 Å². The van der Waals surface area contributed by atoms with Gasteiger partial charge in [0.25, 0.3) is 0 Å². The molecule has 4 nitrogen and oxygen atoms in total. The Kier molecular flexibility index (Phi) is 4.70. The standard InChI is InChI=1S/C8H20N3O/c1-6(9-3)7(12)8(2,10-4)11-5/h6-7,9-12H,2H2,1,3-5H3. The topological polar surface area (TPSA) is 56.3 Å². The fraction of sp³-hybridized carbons (Fsp3) is 0.875. The maximum atomic E-state index is 9.79. The zero-order chi connectivity index (χ0) is 9.78. The molecule has 1 radical (unpaired) electrons. The van der Waals surface area contributed by atoms with E-state index in [2.05, 4.69) is 22.9 Å². The molecule has 4 N–H and O–H groups in total. The van der Waals surface area contributed by atoms with E-state index in [0.717, 1.165) is 0 Å². The van der Waals surface area contributed by atoms with Gasteiger partial charge in [0.05, 0.1) is 5.66 Å². The van der Waals surface area contributed by atoms with E-state index in [9.17, 15) is 5.11 Å². The highest BCUT2D eigenvalue weighted by Crippen LogP contribution is 2.07. The van der Waals surface area contributed by atoms with Crippen LogP contribution in [0.15, 0.2) is 0 Å². The van der Waals surface area contributed by atoms with Crippen molar-refractivity contribution in [3.63, 3.8) is 0 Å². The summed E-state index contributed by atoms with van der Waals surface area (Å²) in [5, 5.41) is 18.6. The van der Waals surface area contributed by atoms with Gasteiger partial charge in [0.15, 0.2) is 0 Å². The lowest BCUT2D eigenvalue weighted by atomic mass is 9.99. The van der Waals surface area contributed by atoms with Gasteiger partial charge in [-0.05, 0) is 35.0 Å². The monoisotopic (exact) mass is 174 g/mol. The first-order chi connectivity index (χ1) is 5.51. The van der Waals surface area contributed by atoms with Crippen LogP contribution in [-0.4, -0.2) is 44.1 Å². The molecule has 0 bridgehead atoms. The van der Waals surface area contributed by atoms with Crippen LogP contribution in [0.2, 0.25) is 0 Å². The maximum Gasteiger partial charge on any atom is 0.100 e. The number of hydrogen-bond donors (Lipinski definition) is 4. The van der Waals surface area contributed by atoms with Crippen molar-refractivity contribution in [2.24, 2.45) is 0 Å². The lowest BCUT2D eigenvalue weighted by Crippen LogP contribution is -2.64. The Morgan fingerprint density at radius 2 is 1.67 bits per heavy atom. The number of aliphatic hydroxyl groups is 1. The highest BCUT2D eigenvalue weighted by molar-refractivity contribution is 4.96. The second kappa shape index (κ2) is 4.77. The molecule has 0 fully saturated rings. The van der Waals surface area contributed by atoms with Crippen molar-refractivity contribution >= 4 is 0 Å². The number of rotatable bonds is 5. The number of hydrogen-bond acceptors (Lipinski definition) is 4. The molecule has 0 aliphatic rings. The molecule has 2 atom stereocenters. The molecule has 4 heteroatoms. The van der Waals surface area contributed by atoms with Gasteiger partial charge in [0.1, 0.15) is 6.10 Å². The predicted octanol–water partition coefficient (Wildman–Crippen LogP) is -1.08. The predicted molar refractivity (Wildman–Crippen MR) is 50.7 cm³/mol. The summed E-state index contributed by atoms with van der Waals surface area (Å²) in [7, 11) is 5.32. The minimum atomic E-state index is -0.692. The van der Waals surface area contributed by atoms with E-state index in [-0.39, 0.29) is 6.04 Å². The molecule has 0 aliphatic heterocycles. The fourth-order valence-electron chi connectivity index (χ4n) is 1.01. The second-order valence-corrected chi connectivity index (χ2v) is 2.99. The van der Waals surface area contributed by atoms with Crippen LogP contribution in [0.5, 0.6) is 0 Å². The van der Waals surface area contributed by atoms with Gasteiger partial charge in [-0.2, -0.15) is 0 Å². The van der Waals surface area contributed by atoms with E-state index in [0.29, 0.717) is 0 Å². The largest absolute Gasteiger partial charge is 0.388 e. The van der Waals surface area contributed by atoms with E-state index in [1.807, 2.05) is 6.92 Å². The van der Waals surface area contributed by atoms with Crippen LogP contribution < -0.4 is 16.0 Å². The third-order valence-electron chi connectivity index (χ3n) is 2.33. The lowest BCUT2D eigenvalue weighted by Gasteiger charge is -2.36. The molecule has 0 amide bonds. The SMILES string of the molecule is [CH2]C(NC)(NC)C(O)C(C)NC. The molecule has 0 saturated heterocycles. The molecular formula is C8H20N3O. The molecule has 73 valence electrons. The van der Waals surface area contributed by atoms with Crippen molar-refractivity contribution in [3.8, 4) is 0 Å². The number of likely N-dealkylation sites (N-methyl/N-ethyl adjacent to an activating group) is 3. The van der Waals surface area contributed by atoms with E-state index in [1.165, 1.54) is 0 Å². The second-order valence-electron chi connectivity index (χ2n) is 2.99. The van der Waals surface area contributed by atoms with Crippen molar-refractivity contribution in [1.82, 2.24) is 16.0 Å². The van der Waals surface area contributed by atoms with Crippen molar-refractivity contribution in [3.05, 3.63) is 6.92 Å². The van der Waals surface area contributed by atoms with Gasteiger partial charge < -0.3 is 21.1 Å². The third-order valence-corrected chi connectivity index (χ3v) is 2.33. The number of aliphatic hydroxyl groups excluding tert-OH is 1. The molecule has 0 heterocycles. The Bertz CT molecular complexity index is 125. The average Bonchev–Trinajstić information content (AvgIpc) is 2.14. The fourth-order valence-corrected chi connectivity index (χ4v) is 1.01. The van der Waals surface area contributed by atoms with Crippen molar-refractivity contribution in [2.75, 3.05) is 21.1 Å². The van der Waals surface area contributed by atoms with Crippen LogP contribution in [0.3, 0.4) is 0 Å². The minimum absolute atomic E-state index is 0.0117. The molecule has 0 rings (SSSR count). The summed E-state index contributed by atoms with van der Waals surface area (Å²) < 4.78 is 0. The Labute approximate surface area is 74.7 Å². The Morgan fingerprint density at radius 1 is 1.25 bits per heavy atom. The highest BCUT2D eigenvalue weighted by Gasteiger charge is 2.32. The molecule has 2 unspecified atom stereocenters. The third kappa shape index (κ3) is 2.42. The molecule has 0 aromatic carbocycles. The van der Waals surface area contributed by atoms with Crippen LogP contribution in [0.25, 0.3) is 0 Å². The lowest BCUT2D eigenvalue weighted by molar-refractivity contribution is 0.0479. The molecule has 12 heavy (non-hydrogen) atoms. The number of nitrogens with one attached hydrogen (secondary N) is 3. The van der Waals surface area contributed by atoms with Crippen LogP contribution in [0, 0.1) is 6.92 Å². The van der Waals surface area contributed by atoms with Crippen LogP contribution in [0.1, 0.15) is 6.92 Å². The van der Waals surface area contributed by atoms with Gasteiger partial charge >= 0.3 is 0 Å². The minimum Gasteiger partial charge on any atom is -0.388 e. The van der Waals surface area contributed by atoms with Gasteiger partial charge in [0.2, 0.25) is 0 Å². The Balaban J connectivity index is 4.29. The normalized spacial score (nSPS) is 17.5. The summed E-state index contributed by atoms with van der Waals surface area (Å²) in [5.74, 6) is 0. The molecule has 0 aromatic heterocycles. The first kappa shape index (κ1) is 11.8. The van der Waals surface area contributed by atoms with Crippen molar-refractivity contribution in [2.45, 2.75) is 24.7 Å². The van der Waals surface area contributed by atoms with Crippen LogP contribution in [0.4, 0.5) is 0 Å². The summed E-state index contributed by atoms with van der Waals surface area (Å²) >= 11 is 0. The van der Waals surface area contributed by atoms with E-state index >= 15 is 0 Å². The van der Waals surface area contributed by atoms with E-state index in [4.69, 9.17) is 0 Å². The molecule has 0 aliphatic carbocycles. The quantitative estimate of drug-likeness (QED) is 0.401. The zero-order valence-corrected chi connectivity index (χ0v) is 8.31. The molecule has 0 saturated carbocycles. The Hall–Kier alpha value is -0.160. The van der Waals surface area contributed by atoms with Crippen LogP contribution in [-0.2, 0) is 0 Å². The zero-order valence-electron chi connectivity index (χ0n) is 8.31. The van der Waals surface area contributed by atoms with Gasteiger partial charge in [-0.15, -0.1) is 0 Å². The molecule has 0 aromatic rings. The first-order valence-corrected chi connectivity index (χ1v) is 4.10. The highest BCUT2D eigenvalue weighted by atomic mass is 16.3. The smallest absolute Gasteiger partial charge is 0.100 e. The summed E-state index contributed by atoms with van der Waals surface area (Å²) in [6, 6.07) is -0.0117. The molecule has 0 spiro atoms. The van der Waals surface area contributed by atoms with Gasteiger partial charge in [-0.1, -0.05) is 0 Å². The average molecular weight is 174 g/mol. The summed E-state index contributed by atoms with van der Waals surface area (Å²) in [6.45, 7) is 5.77. The maximum absolute atomic E-state index is 9.79. The van der Waals surface area contributed by atoms with Crippen molar-refractivity contribution in [1.29, 1.82) is 0 Å². The van der Waals surface area contributed by atoms with Crippen LogP contribution >= 0.6 is 0 Å². The van der Waals surface area contributed by atoms with Gasteiger partial charge in [-0.25, -0.2) is 0 Å². The van der Waals surface area contributed by atoms with Gasteiger partial charge in [0, 0.05) is 6.04 Å². The molecular weight excluding hydrogens is 154 g/mol. The van der Waals surface area contributed by atoms with E-state index < -0.39 is 11.8 Å². The summed E-state index contributed by atoms with van der Waals surface area (Å²) in [5.41, 5.74) is -0.692. The van der Waals surface area contributed by atoms with E-state index in [1.54, 1.807) is 21.1 Å². The van der Waals surface area contributed by atoms with Gasteiger partial charge in [-0.3, -0.25) is 0 Å². The first-order valence-electron chi connectivity index (χ1n) is 4.10. The Morgan fingerprint density at radius 3 is 1.92 bits per heavy atom. The summed E-state index contributed by atoms with van der Waals surface area (Å²) in [4.78, 5) is 0.